The van der Waals surface area contributed by atoms with Crippen LogP contribution in [-0.2, 0) is 0 Å². The number of nitrogens with zero attached hydrogens (tertiary/aromatic N) is 1. The van der Waals surface area contributed by atoms with Crippen molar-refractivity contribution in [3.8, 4) is 11.1 Å². The second kappa shape index (κ2) is 7.49. The second-order valence-electron chi connectivity index (χ2n) is 7.41. The van der Waals surface area contributed by atoms with Crippen molar-refractivity contribution in [3.05, 3.63) is 93.8 Å². The Morgan fingerprint density at radius 1 is 0.968 bits per heavy atom. The Bertz CT molecular complexity index is 1480. The number of carbonyl (C=O) groups excluding carboxylic acids is 1. The Hall–Kier alpha value is -3.77. The molecule has 0 spiro atoms. The van der Waals surface area contributed by atoms with Gasteiger partial charge in [-0.25, -0.2) is 9.78 Å². The highest BCUT2D eigenvalue weighted by atomic mass is 32.1. The van der Waals surface area contributed by atoms with E-state index in [1.54, 1.807) is 30.3 Å². The second-order valence-corrected chi connectivity index (χ2v) is 8.41. The molecule has 5 aromatic rings. The summed E-state index contributed by atoms with van der Waals surface area (Å²) in [5.41, 5.74) is 4.92. The fraction of sp³-hybridized carbons (Fsp3) is 0.0800. The average Bonchev–Trinajstić information content (AvgIpc) is 3.21. The molecule has 6 heteroatoms. The smallest absolute Gasteiger partial charge is 0.344 e. The molecule has 5 nitrogen and oxygen atoms in total. The third-order valence-electron chi connectivity index (χ3n) is 5.26. The molecule has 0 saturated carbocycles. The molecule has 0 unspecified atom stereocenters. The zero-order valence-electron chi connectivity index (χ0n) is 16.9. The Balaban J connectivity index is 1.42. The van der Waals surface area contributed by atoms with Gasteiger partial charge >= 0.3 is 5.63 Å². The maximum absolute atomic E-state index is 12.7. The first-order valence-electron chi connectivity index (χ1n) is 9.81. The van der Waals surface area contributed by atoms with Crippen molar-refractivity contribution in [1.29, 1.82) is 0 Å². The van der Waals surface area contributed by atoms with Gasteiger partial charge in [0.2, 0.25) is 0 Å². The number of para-hydroxylation sites is 1. The van der Waals surface area contributed by atoms with Gasteiger partial charge in [-0.15, -0.1) is 0 Å². The fourth-order valence-electron chi connectivity index (χ4n) is 3.55. The number of carbonyl (C=O) groups is 1. The zero-order chi connectivity index (χ0) is 21.5. The quantitative estimate of drug-likeness (QED) is 0.363. The van der Waals surface area contributed by atoms with Crippen LogP contribution in [0.15, 0.2) is 75.9 Å². The minimum atomic E-state index is -0.406. The Morgan fingerprint density at radius 3 is 2.48 bits per heavy atom. The Labute approximate surface area is 182 Å². The topological polar surface area (TPSA) is 72.2 Å². The van der Waals surface area contributed by atoms with Crippen LogP contribution in [0, 0.1) is 13.8 Å². The van der Waals surface area contributed by atoms with Gasteiger partial charge < -0.3 is 4.42 Å². The first-order chi connectivity index (χ1) is 15.0. The van der Waals surface area contributed by atoms with Crippen molar-refractivity contribution >= 4 is 43.6 Å². The average molecular weight is 426 g/mol. The molecule has 2 aromatic heterocycles. The van der Waals surface area contributed by atoms with Crippen molar-refractivity contribution in [1.82, 2.24) is 4.98 Å². The minimum absolute atomic E-state index is 0.244. The lowest BCUT2D eigenvalue weighted by Crippen LogP contribution is -2.11. The van der Waals surface area contributed by atoms with Gasteiger partial charge in [-0.05, 0) is 54.8 Å². The monoisotopic (exact) mass is 426 g/mol. The summed E-state index contributed by atoms with van der Waals surface area (Å²) >= 11 is 1.47. The molecule has 5 rings (SSSR count). The molecule has 0 aliphatic carbocycles. The van der Waals surface area contributed by atoms with Crippen LogP contribution < -0.4 is 10.9 Å². The van der Waals surface area contributed by atoms with Crippen molar-refractivity contribution < 1.29 is 9.21 Å². The Kier molecular flexibility index (Phi) is 4.64. The largest absolute Gasteiger partial charge is 0.422 e. The number of nitrogens with one attached hydrogen (secondary N) is 1. The van der Waals surface area contributed by atoms with E-state index in [2.05, 4.69) is 16.4 Å². The van der Waals surface area contributed by atoms with Crippen molar-refractivity contribution in [2.75, 3.05) is 5.32 Å². The number of thiazole rings is 1. The molecule has 1 amide bonds. The lowest BCUT2D eigenvalue weighted by molar-refractivity contribution is 0.102. The third kappa shape index (κ3) is 3.51. The molecule has 0 fully saturated rings. The summed E-state index contributed by atoms with van der Waals surface area (Å²) in [6, 6.07) is 20.2. The van der Waals surface area contributed by atoms with E-state index in [1.807, 2.05) is 44.2 Å². The van der Waals surface area contributed by atoms with Crippen LogP contribution in [0.25, 0.3) is 32.3 Å². The highest BCUT2D eigenvalue weighted by Crippen LogP contribution is 2.31. The molecule has 152 valence electrons. The molecular weight excluding hydrogens is 408 g/mol. The van der Waals surface area contributed by atoms with Gasteiger partial charge in [-0.3, -0.25) is 10.1 Å². The summed E-state index contributed by atoms with van der Waals surface area (Å²) in [6.07, 6.45) is 0. The van der Waals surface area contributed by atoms with Crippen molar-refractivity contribution in [3.63, 3.8) is 0 Å². The van der Waals surface area contributed by atoms with Gasteiger partial charge in [0.1, 0.15) is 5.58 Å². The summed E-state index contributed by atoms with van der Waals surface area (Å²) < 4.78 is 6.49. The van der Waals surface area contributed by atoms with Gasteiger partial charge in [0.05, 0.1) is 15.8 Å². The number of fused-ring (bicyclic) bond motifs is 2. The van der Waals surface area contributed by atoms with Crippen LogP contribution in [0.1, 0.15) is 21.5 Å². The van der Waals surface area contributed by atoms with Crippen molar-refractivity contribution in [2.45, 2.75) is 13.8 Å². The summed E-state index contributed by atoms with van der Waals surface area (Å²) in [6.45, 7) is 4.04. The maximum Gasteiger partial charge on any atom is 0.344 e. The van der Waals surface area contributed by atoms with E-state index in [9.17, 15) is 9.59 Å². The molecule has 31 heavy (non-hydrogen) atoms. The SMILES string of the molecule is Cc1ccc(C)c2sc(NC(=O)c3ccc(-c4cc5ccccc5oc4=O)cc3)nc12. The number of benzene rings is 3. The normalized spacial score (nSPS) is 11.2. The lowest BCUT2D eigenvalue weighted by Gasteiger charge is -2.05. The molecule has 0 bridgehead atoms. The fourth-order valence-corrected chi connectivity index (χ4v) is 4.55. The predicted molar refractivity (Wildman–Crippen MR) is 125 cm³/mol. The van der Waals surface area contributed by atoms with E-state index in [1.165, 1.54) is 11.3 Å². The molecule has 2 heterocycles. The number of hydrogen-bond donors (Lipinski definition) is 1. The van der Waals surface area contributed by atoms with Crippen molar-refractivity contribution in [2.24, 2.45) is 0 Å². The molecular formula is C25H18N2O3S. The number of aromatic nitrogens is 1. The first kappa shape index (κ1) is 19.2. The highest BCUT2D eigenvalue weighted by Gasteiger charge is 2.13. The Morgan fingerprint density at radius 2 is 1.71 bits per heavy atom. The van der Waals surface area contributed by atoms with Gasteiger partial charge in [0.25, 0.3) is 5.91 Å². The van der Waals surface area contributed by atoms with Gasteiger partial charge in [-0.1, -0.05) is 53.8 Å². The maximum atomic E-state index is 12.7. The molecule has 0 atom stereocenters. The van der Waals surface area contributed by atoms with Crippen LogP contribution in [-0.4, -0.2) is 10.9 Å². The number of rotatable bonds is 3. The number of aryl methyl sites for hydroxylation is 2. The molecule has 0 radical (unpaired) electrons. The molecule has 3 aromatic carbocycles. The summed E-state index contributed by atoms with van der Waals surface area (Å²) in [4.78, 5) is 29.7. The third-order valence-corrected chi connectivity index (χ3v) is 6.37. The summed E-state index contributed by atoms with van der Waals surface area (Å²) in [5, 5.41) is 4.30. The van der Waals surface area contributed by atoms with E-state index in [0.29, 0.717) is 27.4 Å². The van der Waals surface area contributed by atoms with Gasteiger partial charge in [0, 0.05) is 10.9 Å². The minimum Gasteiger partial charge on any atom is -0.422 e. The van der Waals surface area contributed by atoms with Crippen LogP contribution in [0.4, 0.5) is 5.13 Å². The van der Waals surface area contributed by atoms with Crippen LogP contribution in [0.5, 0.6) is 0 Å². The molecule has 0 aliphatic rings. The van der Waals surface area contributed by atoms with E-state index in [4.69, 9.17) is 4.42 Å². The molecule has 0 aliphatic heterocycles. The predicted octanol–water partition coefficient (Wildman–Crippen LogP) is 5.94. The zero-order valence-corrected chi connectivity index (χ0v) is 17.7. The highest BCUT2D eigenvalue weighted by molar-refractivity contribution is 7.22. The number of anilines is 1. The van der Waals surface area contributed by atoms with E-state index in [0.717, 1.165) is 26.7 Å². The van der Waals surface area contributed by atoms with Crippen LogP contribution in [0.3, 0.4) is 0 Å². The summed E-state index contributed by atoms with van der Waals surface area (Å²) in [7, 11) is 0. The van der Waals surface area contributed by atoms with Crippen LogP contribution >= 0.6 is 11.3 Å². The van der Waals surface area contributed by atoms with E-state index < -0.39 is 5.63 Å². The number of hydrogen-bond acceptors (Lipinski definition) is 5. The van der Waals surface area contributed by atoms with E-state index in [-0.39, 0.29) is 5.91 Å². The molecule has 1 N–H and O–H groups in total. The van der Waals surface area contributed by atoms with Gasteiger partial charge in [-0.2, -0.15) is 0 Å². The first-order valence-corrected chi connectivity index (χ1v) is 10.6. The summed E-state index contributed by atoms with van der Waals surface area (Å²) in [5.74, 6) is -0.244. The molecule has 0 saturated heterocycles. The van der Waals surface area contributed by atoms with Crippen LogP contribution in [0.2, 0.25) is 0 Å². The van der Waals surface area contributed by atoms with E-state index >= 15 is 0 Å². The standard InChI is InChI=1S/C25H18N2O3S/c1-14-7-8-15(2)22-21(14)26-25(31-22)27-23(28)17-11-9-16(10-12-17)19-13-18-5-3-4-6-20(18)30-24(19)29/h3-13H,1-2H3,(H,26,27,28). The van der Waals surface area contributed by atoms with Gasteiger partial charge in [0.15, 0.2) is 5.13 Å². The lowest BCUT2D eigenvalue weighted by atomic mass is 10.0. The number of amides is 1.